The second-order valence-electron chi connectivity index (χ2n) is 9.16. The van der Waals surface area contributed by atoms with Gasteiger partial charge in [0.1, 0.15) is 24.7 Å². The van der Waals surface area contributed by atoms with E-state index in [0.717, 1.165) is 51.3 Å². The van der Waals surface area contributed by atoms with Crippen molar-refractivity contribution in [1.82, 2.24) is 0 Å². The molecule has 5 nitrogen and oxygen atoms in total. The van der Waals surface area contributed by atoms with Crippen LogP contribution in [0.15, 0.2) is 103 Å². The summed E-state index contributed by atoms with van der Waals surface area (Å²) in [5.74, 6) is 1.62. The predicted octanol–water partition coefficient (Wildman–Crippen LogP) is 6.38. The molecule has 0 fully saturated rings. The van der Waals surface area contributed by atoms with E-state index in [1.807, 2.05) is 97.1 Å². The molecule has 6 rings (SSSR count). The topological polar surface area (TPSA) is 61.8 Å². The third-order valence-corrected chi connectivity index (χ3v) is 6.52. The lowest BCUT2D eigenvalue weighted by Gasteiger charge is -2.23. The number of allylic oxidation sites excluding steroid dienone is 1. The molecule has 0 aliphatic heterocycles. The van der Waals surface area contributed by atoms with Crippen molar-refractivity contribution >= 4 is 17.3 Å². The van der Waals surface area contributed by atoms with Crippen molar-refractivity contribution in [2.45, 2.75) is 26.1 Å². The molecule has 0 heterocycles. The third-order valence-electron chi connectivity index (χ3n) is 6.52. The summed E-state index contributed by atoms with van der Waals surface area (Å²) in [5.41, 5.74) is 7.56. The Morgan fingerprint density at radius 2 is 1.24 bits per heavy atom. The average Bonchev–Trinajstić information content (AvgIpc) is 2.94. The van der Waals surface area contributed by atoms with E-state index in [0.29, 0.717) is 19.6 Å². The molecule has 0 saturated heterocycles. The summed E-state index contributed by atoms with van der Waals surface area (Å²) in [6, 6.07) is 31.7. The minimum atomic E-state index is -0.306. The van der Waals surface area contributed by atoms with Crippen molar-refractivity contribution in [3.63, 3.8) is 0 Å². The van der Waals surface area contributed by atoms with Crippen LogP contribution in [0.3, 0.4) is 0 Å². The summed E-state index contributed by atoms with van der Waals surface area (Å²) in [7, 11) is 1.39. The van der Waals surface area contributed by atoms with E-state index in [4.69, 9.17) is 9.47 Å². The van der Waals surface area contributed by atoms with E-state index in [9.17, 15) is 9.59 Å². The molecule has 0 spiro atoms. The van der Waals surface area contributed by atoms with Gasteiger partial charge < -0.3 is 14.2 Å². The van der Waals surface area contributed by atoms with Gasteiger partial charge in [-0.1, -0.05) is 66.7 Å². The van der Waals surface area contributed by atoms with Gasteiger partial charge in [0.15, 0.2) is 5.78 Å². The quantitative estimate of drug-likeness (QED) is 0.216. The van der Waals surface area contributed by atoms with Gasteiger partial charge in [-0.25, -0.2) is 4.79 Å². The van der Waals surface area contributed by atoms with Crippen LogP contribution < -0.4 is 9.47 Å². The van der Waals surface area contributed by atoms with Gasteiger partial charge in [-0.3, -0.25) is 4.79 Å². The Labute approximate surface area is 222 Å². The molecule has 0 N–H and O–H groups in total. The molecule has 0 aromatic heterocycles. The first-order valence-corrected chi connectivity index (χ1v) is 12.5. The Morgan fingerprint density at radius 3 is 1.71 bits per heavy atom. The molecule has 0 bridgehead atoms. The number of Topliss-reactive ketones (excluding diaryl/α,β-unsaturated/α-hetero) is 1. The van der Waals surface area contributed by atoms with Crippen molar-refractivity contribution in [3.8, 4) is 11.5 Å². The van der Waals surface area contributed by atoms with E-state index < -0.39 is 0 Å². The van der Waals surface area contributed by atoms with Crippen molar-refractivity contribution in [1.29, 1.82) is 0 Å². The Bertz CT molecular complexity index is 1470. The number of hydrogen-bond acceptors (Lipinski definition) is 5. The van der Waals surface area contributed by atoms with Crippen molar-refractivity contribution in [2.75, 3.05) is 7.11 Å². The van der Waals surface area contributed by atoms with Crippen molar-refractivity contribution < 1.29 is 23.8 Å². The maximum Gasteiger partial charge on any atom is 0.330 e. The second-order valence-corrected chi connectivity index (χ2v) is 9.16. The minimum absolute atomic E-state index is 0.231. The van der Waals surface area contributed by atoms with Gasteiger partial charge >= 0.3 is 5.97 Å². The summed E-state index contributed by atoms with van der Waals surface area (Å²) >= 11 is 0. The monoisotopic (exact) mass is 504 g/mol. The Hall–Kier alpha value is -4.64. The number of fused-ring (bicyclic) bond motifs is 2. The highest BCUT2D eigenvalue weighted by atomic mass is 16.5. The average molecular weight is 505 g/mol. The zero-order chi connectivity index (χ0) is 26.3. The van der Waals surface area contributed by atoms with E-state index in [1.165, 1.54) is 12.7 Å². The first-order chi connectivity index (χ1) is 18.6. The molecule has 0 amide bonds. The molecule has 4 aromatic carbocycles. The summed E-state index contributed by atoms with van der Waals surface area (Å²) < 4.78 is 16.1. The number of carbonyl (C=O) groups is 2. The zero-order valence-electron chi connectivity index (χ0n) is 21.2. The Balaban J connectivity index is 0.000000158. The SMILES string of the molecule is COC(=O)/C=C1\Cc2cc(OCc3ccccc3)ccc21.O=C1Cc2cc(OCc3ccccc3)ccc21. The van der Waals surface area contributed by atoms with Crippen LogP contribution >= 0.6 is 0 Å². The van der Waals surface area contributed by atoms with E-state index in [1.54, 1.807) is 6.08 Å². The Morgan fingerprint density at radius 1 is 0.711 bits per heavy atom. The van der Waals surface area contributed by atoms with E-state index in [-0.39, 0.29) is 11.8 Å². The normalized spacial score (nSPS) is 13.6. The molecule has 0 saturated carbocycles. The molecule has 38 heavy (non-hydrogen) atoms. The lowest BCUT2D eigenvalue weighted by molar-refractivity contribution is -0.134. The van der Waals surface area contributed by atoms with Crippen LogP contribution in [0, 0.1) is 0 Å². The first-order valence-electron chi connectivity index (χ1n) is 12.5. The van der Waals surface area contributed by atoms with Gasteiger partial charge in [0.2, 0.25) is 0 Å². The second kappa shape index (κ2) is 11.6. The maximum atomic E-state index is 11.2. The largest absolute Gasteiger partial charge is 0.489 e. The highest BCUT2D eigenvalue weighted by molar-refractivity contribution is 6.06. The Kier molecular flexibility index (Phi) is 7.65. The molecule has 0 radical (unpaired) electrons. The number of methoxy groups -OCH3 is 1. The van der Waals surface area contributed by atoms with Crippen LogP contribution in [-0.4, -0.2) is 18.9 Å². The van der Waals surface area contributed by atoms with E-state index >= 15 is 0 Å². The number of ether oxygens (including phenoxy) is 3. The fraction of sp³-hybridized carbons (Fsp3) is 0.152. The summed E-state index contributed by atoms with van der Waals surface area (Å²) in [5, 5.41) is 0. The van der Waals surface area contributed by atoms with E-state index in [2.05, 4.69) is 4.74 Å². The van der Waals surface area contributed by atoms with Gasteiger partial charge in [0, 0.05) is 18.1 Å². The summed E-state index contributed by atoms with van der Waals surface area (Å²) in [6.07, 6.45) is 2.89. The standard InChI is InChI=1S/C18H16O3.C15H12O2/c1-20-18(19)11-15-9-14-10-16(7-8-17(14)15)21-12-13-5-3-2-4-6-13;16-15-9-12-8-13(6-7-14(12)15)17-10-11-4-2-1-3-5-11/h2-8,10-11H,9,12H2,1H3;1-8H,9-10H2/b15-11+;. The molecule has 4 aromatic rings. The number of rotatable bonds is 7. The summed E-state index contributed by atoms with van der Waals surface area (Å²) in [6.45, 7) is 1.12. The number of carbonyl (C=O) groups excluding carboxylic acids is 2. The third kappa shape index (κ3) is 6.01. The smallest absolute Gasteiger partial charge is 0.330 e. The van der Waals surface area contributed by atoms with Gasteiger partial charge in [0.25, 0.3) is 0 Å². The number of benzene rings is 4. The maximum absolute atomic E-state index is 11.2. The van der Waals surface area contributed by atoms with Gasteiger partial charge in [-0.15, -0.1) is 0 Å². The van der Waals surface area contributed by atoms with Crippen LogP contribution in [0.2, 0.25) is 0 Å². The van der Waals surface area contributed by atoms with Crippen molar-refractivity contribution in [3.05, 3.63) is 137 Å². The molecular weight excluding hydrogens is 476 g/mol. The van der Waals surface area contributed by atoms with Crippen LogP contribution in [0.4, 0.5) is 0 Å². The van der Waals surface area contributed by atoms with Crippen molar-refractivity contribution in [2.24, 2.45) is 0 Å². The fourth-order valence-corrected chi connectivity index (χ4v) is 4.36. The van der Waals surface area contributed by atoms with Crippen LogP contribution in [0.25, 0.3) is 5.57 Å². The zero-order valence-corrected chi connectivity index (χ0v) is 21.2. The molecule has 0 atom stereocenters. The molecule has 5 heteroatoms. The molecule has 0 unspecified atom stereocenters. The fourth-order valence-electron chi connectivity index (χ4n) is 4.36. The molecule has 190 valence electrons. The van der Waals surface area contributed by atoms with Gasteiger partial charge in [0.05, 0.1) is 7.11 Å². The highest BCUT2D eigenvalue weighted by Gasteiger charge is 2.23. The molecule has 2 aliphatic rings. The summed E-state index contributed by atoms with van der Waals surface area (Å²) in [4.78, 5) is 22.4. The van der Waals surface area contributed by atoms with Gasteiger partial charge in [-0.05, 0) is 70.1 Å². The molecular formula is C33H28O5. The molecule has 2 aliphatic carbocycles. The predicted molar refractivity (Wildman–Crippen MR) is 146 cm³/mol. The minimum Gasteiger partial charge on any atom is -0.489 e. The van der Waals surface area contributed by atoms with Crippen LogP contribution in [0.5, 0.6) is 11.5 Å². The highest BCUT2D eigenvalue weighted by Crippen LogP contribution is 2.36. The number of hydrogen-bond donors (Lipinski definition) is 0. The first kappa shape index (κ1) is 25.0. The van der Waals surface area contributed by atoms with Crippen LogP contribution in [-0.2, 0) is 35.6 Å². The van der Waals surface area contributed by atoms with Crippen LogP contribution in [0.1, 0.15) is 38.2 Å². The van der Waals surface area contributed by atoms with Gasteiger partial charge in [-0.2, -0.15) is 0 Å². The lowest BCUT2D eigenvalue weighted by atomic mass is 9.82. The number of ketones is 1. The number of esters is 1. The lowest BCUT2D eigenvalue weighted by Crippen LogP contribution is -2.18.